The Hall–Kier alpha value is -0.0800. The van der Waals surface area contributed by atoms with E-state index in [1.54, 1.807) is 0 Å². The van der Waals surface area contributed by atoms with E-state index in [1.807, 2.05) is 0 Å². The highest BCUT2D eigenvalue weighted by molar-refractivity contribution is 4.49. The molecule has 134 valence electrons. The van der Waals surface area contributed by atoms with E-state index in [9.17, 15) is 0 Å². The fourth-order valence-electron chi connectivity index (χ4n) is 2.94. The molecule has 0 N–H and O–H groups in total. The number of hydrogen-bond acceptors (Lipinski definition) is 0. The van der Waals surface area contributed by atoms with Crippen molar-refractivity contribution in [2.45, 2.75) is 77.0 Å². The maximum Gasteiger partial charge on any atom is 0.0780 e. The van der Waals surface area contributed by atoms with Gasteiger partial charge < -0.3 is 8.97 Å². The van der Waals surface area contributed by atoms with Crippen molar-refractivity contribution in [2.75, 3.05) is 55.4 Å². The molecule has 0 aromatic rings. The van der Waals surface area contributed by atoms with Crippen LogP contribution >= 0.6 is 0 Å². The summed E-state index contributed by atoms with van der Waals surface area (Å²) in [6.45, 7) is 2.65. The fourth-order valence-corrected chi connectivity index (χ4v) is 2.94. The van der Waals surface area contributed by atoms with Gasteiger partial charge in [-0.2, -0.15) is 0 Å². The molecule has 0 unspecified atom stereocenters. The first-order chi connectivity index (χ1) is 10.2. The molecule has 0 spiro atoms. The van der Waals surface area contributed by atoms with E-state index in [1.165, 1.54) is 90.1 Å². The molecule has 0 amide bonds. The first-order valence-electron chi connectivity index (χ1n) is 9.82. The average Bonchev–Trinajstić information content (AvgIpc) is 2.36. The molecule has 0 saturated heterocycles. The van der Waals surface area contributed by atoms with Gasteiger partial charge in [-0.25, -0.2) is 0 Å². The lowest BCUT2D eigenvalue weighted by atomic mass is 10.0. The van der Waals surface area contributed by atoms with Crippen LogP contribution in [0.15, 0.2) is 0 Å². The number of rotatable bonds is 15. The Bertz CT molecular complexity index is 209. The van der Waals surface area contributed by atoms with Crippen LogP contribution in [0.3, 0.4) is 0 Å². The molecular weight excluding hydrogens is 268 g/mol. The van der Waals surface area contributed by atoms with Crippen LogP contribution in [0, 0.1) is 0 Å². The molecule has 2 nitrogen and oxygen atoms in total. The molecule has 0 radical (unpaired) electrons. The van der Waals surface area contributed by atoms with Crippen molar-refractivity contribution >= 4 is 0 Å². The van der Waals surface area contributed by atoms with Crippen LogP contribution < -0.4 is 0 Å². The van der Waals surface area contributed by atoms with Crippen LogP contribution in [0.25, 0.3) is 0 Å². The van der Waals surface area contributed by atoms with E-state index in [0.29, 0.717) is 0 Å². The molecule has 0 fully saturated rings. The highest BCUT2D eigenvalue weighted by Crippen LogP contribution is 2.12. The second-order valence-electron chi connectivity index (χ2n) is 9.27. The van der Waals surface area contributed by atoms with E-state index in [0.717, 1.165) is 8.97 Å². The minimum absolute atomic E-state index is 1.12. The zero-order valence-corrected chi connectivity index (χ0v) is 16.8. The Morgan fingerprint density at radius 3 is 0.682 bits per heavy atom. The highest BCUT2D eigenvalue weighted by Gasteiger charge is 2.05. The summed E-state index contributed by atoms with van der Waals surface area (Å²) < 4.78 is 2.24. The van der Waals surface area contributed by atoms with Gasteiger partial charge in [0.1, 0.15) is 0 Å². The van der Waals surface area contributed by atoms with Crippen LogP contribution in [0.2, 0.25) is 0 Å². The third kappa shape index (κ3) is 19.9. The van der Waals surface area contributed by atoms with Gasteiger partial charge in [-0.1, -0.05) is 51.4 Å². The summed E-state index contributed by atoms with van der Waals surface area (Å²) in [6, 6.07) is 0. The molecule has 0 aliphatic carbocycles. The first kappa shape index (κ1) is 21.9. The topological polar surface area (TPSA) is 0 Å². The molecule has 0 rings (SSSR count). The van der Waals surface area contributed by atoms with Crippen LogP contribution in [-0.2, 0) is 0 Å². The Labute approximate surface area is 142 Å². The third-order valence-electron chi connectivity index (χ3n) is 4.41. The van der Waals surface area contributed by atoms with Gasteiger partial charge in [0, 0.05) is 0 Å². The van der Waals surface area contributed by atoms with Crippen molar-refractivity contribution in [3.05, 3.63) is 0 Å². The van der Waals surface area contributed by atoms with Gasteiger partial charge in [-0.05, 0) is 25.7 Å². The smallest absolute Gasteiger partial charge is 0.0780 e. The van der Waals surface area contributed by atoms with Gasteiger partial charge in [-0.15, -0.1) is 0 Å². The van der Waals surface area contributed by atoms with Crippen molar-refractivity contribution < 1.29 is 8.97 Å². The van der Waals surface area contributed by atoms with Gasteiger partial charge in [0.05, 0.1) is 55.4 Å². The van der Waals surface area contributed by atoms with Crippen LogP contribution in [0.4, 0.5) is 0 Å². The summed E-state index contributed by atoms with van der Waals surface area (Å²) in [5.74, 6) is 0. The van der Waals surface area contributed by atoms with E-state index in [-0.39, 0.29) is 0 Å². The second kappa shape index (κ2) is 12.4. The molecule has 22 heavy (non-hydrogen) atoms. The highest BCUT2D eigenvalue weighted by atomic mass is 15.3. The summed E-state index contributed by atoms with van der Waals surface area (Å²) in [7, 11) is 13.8. The summed E-state index contributed by atoms with van der Waals surface area (Å²) in [6.07, 6.45) is 17.3. The maximum atomic E-state index is 2.29. The quantitative estimate of drug-likeness (QED) is 0.292. The molecule has 0 aromatic carbocycles. The lowest BCUT2D eigenvalue weighted by Gasteiger charge is -2.23. The van der Waals surface area contributed by atoms with Crippen molar-refractivity contribution in [3.8, 4) is 0 Å². The zero-order valence-electron chi connectivity index (χ0n) is 16.8. The first-order valence-corrected chi connectivity index (χ1v) is 9.82. The average molecular weight is 315 g/mol. The number of hydrogen-bond donors (Lipinski definition) is 0. The van der Waals surface area contributed by atoms with Crippen molar-refractivity contribution in [1.82, 2.24) is 0 Å². The Balaban J connectivity index is 3.09. The lowest BCUT2D eigenvalue weighted by molar-refractivity contribution is -0.870. The molecule has 0 atom stereocenters. The van der Waals surface area contributed by atoms with Gasteiger partial charge in [0.15, 0.2) is 0 Å². The molecule has 0 aliphatic rings. The monoisotopic (exact) mass is 314 g/mol. The van der Waals surface area contributed by atoms with Gasteiger partial charge in [0.2, 0.25) is 0 Å². The van der Waals surface area contributed by atoms with Gasteiger partial charge >= 0.3 is 0 Å². The molecule has 0 saturated carbocycles. The Kier molecular flexibility index (Phi) is 12.3. The van der Waals surface area contributed by atoms with Crippen molar-refractivity contribution in [3.63, 3.8) is 0 Å². The van der Waals surface area contributed by atoms with Gasteiger partial charge in [0.25, 0.3) is 0 Å². The molecule has 0 aliphatic heterocycles. The molecule has 0 aromatic heterocycles. The van der Waals surface area contributed by atoms with Crippen LogP contribution in [0.5, 0.6) is 0 Å². The molecular formula is C20H46N2+2. The number of quaternary nitrogens is 2. The largest absolute Gasteiger partial charge is 0.331 e. The zero-order chi connectivity index (χ0) is 16.9. The Morgan fingerprint density at radius 1 is 0.318 bits per heavy atom. The third-order valence-corrected chi connectivity index (χ3v) is 4.41. The van der Waals surface area contributed by atoms with Crippen LogP contribution in [-0.4, -0.2) is 64.3 Å². The van der Waals surface area contributed by atoms with E-state index < -0.39 is 0 Å². The number of unbranched alkanes of at least 4 members (excludes halogenated alkanes) is 11. The summed E-state index contributed by atoms with van der Waals surface area (Å²) >= 11 is 0. The molecule has 0 heterocycles. The summed E-state index contributed by atoms with van der Waals surface area (Å²) in [4.78, 5) is 0. The predicted octanol–water partition coefficient (Wildman–Crippen LogP) is 5.08. The van der Waals surface area contributed by atoms with Gasteiger partial charge in [-0.3, -0.25) is 0 Å². The summed E-state index contributed by atoms with van der Waals surface area (Å²) in [5, 5.41) is 0. The minimum Gasteiger partial charge on any atom is -0.331 e. The fraction of sp³-hybridized carbons (Fsp3) is 1.00. The molecule has 2 heteroatoms. The number of nitrogens with zero attached hydrogens (tertiary/aromatic N) is 2. The summed E-state index contributed by atoms with van der Waals surface area (Å²) in [5.41, 5.74) is 0. The van der Waals surface area contributed by atoms with E-state index >= 15 is 0 Å². The Morgan fingerprint density at radius 2 is 0.500 bits per heavy atom. The van der Waals surface area contributed by atoms with Crippen molar-refractivity contribution in [2.24, 2.45) is 0 Å². The molecule has 0 bridgehead atoms. The van der Waals surface area contributed by atoms with E-state index in [4.69, 9.17) is 0 Å². The van der Waals surface area contributed by atoms with E-state index in [2.05, 4.69) is 42.3 Å². The normalized spacial score (nSPS) is 12.8. The standard InChI is InChI=1S/C20H46N2/c1-21(2,3)19-17-15-13-11-9-7-8-10-12-14-16-18-20-22(4,5)6/h7-20H2,1-6H3/q+2. The lowest BCUT2D eigenvalue weighted by Crippen LogP contribution is -2.35. The SMILES string of the molecule is C[N+](C)(C)CCCCCCCCCCCCCC[N+](C)(C)C. The maximum absolute atomic E-state index is 2.29. The van der Waals surface area contributed by atoms with Crippen LogP contribution in [0.1, 0.15) is 77.0 Å². The van der Waals surface area contributed by atoms with Crippen molar-refractivity contribution in [1.29, 1.82) is 0 Å². The second-order valence-corrected chi connectivity index (χ2v) is 9.27. The predicted molar refractivity (Wildman–Crippen MR) is 101 cm³/mol. The minimum atomic E-state index is 1.12.